The van der Waals surface area contributed by atoms with E-state index in [0.717, 1.165) is 19.0 Å². The lowest BCUT2D eigenvalue weighted by atomic mass is 10.1. The van der Waals surface area contributed by atoms with Gasteiger partial charge in [-0.1, -0.05) is 18.2 Å². The molecule has 1 heterocycles. The lowest BCUT2D eigenvalue weighted by Gasteiger charge is -2.15. The van der Waals surface area contributed by atoms with Crippen molar-refractivity contribution >= 4 is 23.4 Å². The Labute approximate surface area is 112 Å². The molecule has 3 rings (SSSR count). The zero-order valence-corrected chi connectivity index (χ0v) is 11.5. The number of nitrogens with one attached hydrogen (secondary N) is 1. The summed E-state index contributed by atoms with van der Waals surface area (Å²) in [5, 5.41) is 4.32. The summed E-state index contributed by atoms with van der Waals surface area (Å²) < 4.78 is 0. The molecule has 1 saturated carbocycles. The molecule has 92 valence electrons. The molecule has 17 heavy (non-hydrogen) atoms. The summed E-state index contributed by atoms with van der Waals surface area (Å²) in [7, 11) is 0. The highest BCUT2D eigenvalue weighted by Crippen LogP contribution is 2.46. The molecule has 3 heteroatoms. The van der Waals surface area contributed by atoms with Gasteiger partial charge in [0, 0.05) is 29.1 Å². The summed E-state index contributed by atoms with van der Waals surface area (Å²) in [5.41, 5.74) is 1.96. The normalized spacial score (nSPS) is 24.6. The molecule has 1 aromatic carbocycles. The number of thioether (sulfide) groups is 1. The van der Waals surface area contributed by atoms with Crippen LogP contribution in [-0.4, -0.2) is 24.2 Å². The van der Waals surface area contributed by atoms with Crippen LogP contribution in [0, 0.1) is 5.41 Å². The smallest absolute Gasteiger partial charge is 0.0292 e. The third-order valence-electron chi connectivity index (χ3n) is 3.83. The topological polar surface area (TPSA) is 12.0 Å². The molecular weight excluding hydrogens is 250 g/mol. The molecule has 0 amide bonds. The number of hydrogen-bond acceptors (Lipinski definition) is 2. The minimum Gasteiger partial charge on any atom is -0.315 e. The van der Waals surface area contributed by atoms with Gasteiger partial charge in [0.2, 0.25) is 0 Å². The number of rotatable bonds is 5. The number of halogens is 1. The number of benzene rings is 1. The van der Waals surface area contributed by atoms with Crippen molar-refractivity contribution in [1.29, 1.82) is 0 Å². The summed E-state index contributed by atoms with van der Waals surface area (Å²) in [4.78, 5) is 1.47. The molecule has 1 aliphatic heterocycles. The zero-order valence-electron chi connectivity index (χ0n) is 9.92. The van der Waals surface area contributed by atoms with Crippen LogP contribution in [0.25, 0.3) is 0 Å². The maximum atomic E-state index is 5.98. The molecule has 0 aromatic heterocycles. The van der Waals surface area contributed by atoms with Crippen molar-refractivity contribution in [2.75, 3.05) is 19.0 Å². The van der Waals surface area contributed by atoms with E-state index < -0.39 is 0 Å². The summed E-state index contributed by atoms with van der Waals surface area (Å²) >= 11 is 8.00. The first kappa shape index (κ1) is 11.9. The van der Waals surface area contributed by atoms with Gasteiger partial charge in [-0.15, -0.1) is 23.4 Å². The first-order chi connectivity index (χ1) is 8.31. The highest BCUT2D eigenvalue weighted by atomic mass is 35.5. The van der Waals surface area contributed by atoms with Crippen LogP contribution in [-0.2, 0) is 6.42 Å². The fourth-order valence-electron chi connectivity index (χ4n) is 2.40. The molecule has 0 radical (unpaired) electrons. The van der Waals surface area contributed by atoms with Gasteiger partial charge in [0.25, 0.3) is 0 Å². The highest BCUT2D eigenvalue weighted by Gasteiger charge is 2.41. The highest BCUT2D eigenvalue weighted by molar-refractivity contribution is 8.00. The van der Waals surface area contributed by atoms with Crippen LogP contribution < -0.4 is 5.32 Å². The van der Waals surface area contributed by atoms with Crippen LogP contribution in [0.5, 0.6) is 0 Å². The van der Waals surface area contributed by atoms with Gasteiger partial charge in [-0.3, -0.25) is 0 Å². The maximum Gasteiger partial charge on any atom is 0.0292 e. The van der Waals surface area contributed by atoms with Gasteiger partial charge in [0.05, 0.1) is 0 Å². The van der Waals surface area contributed by atoms with Gasteiger partial charge >= 0.3 is 0 Å². The predicted molar refractivity (Wildman–Crippen MR) is 75.0 cm³/mol. The van der Waals surface area contributed by atoms with E-state index in [1.807, 2.05) is 11.8 Å². The lowest BCUT2D eigenvalue weighted by molar-refractivity contribution is 0.504. The predicted octanol–water partition coefficient (Wildman–Crippen LogP) is 3.31. The van der Waals surface area contributed by atoms with Gasteiger partial charge in [-0.25, -0.2) is 0 Å². The van der Waals surface area contributed by atoms with Gasteiger partial charge < -0.3 is 5.32 Å². The Kier molecular flexibility index (Phi) is 3.38. The summed E-state index contributed by atoms with van der Waals surface area (Å²) in [6, 6.07) is 8.76. The molecule has 1 aliphatic carbocycles. The van der Waals surface area contributed by atoms with Gasteiger partial charge in [0.1, 0.15) is 0 Å². The molecule has 0 spiro atoms. The van der Waals surface area contributed by atoms with E-state index >= 15 is 0 Å². The quantitative estimate of drug-likeness (QED) is 0.822. The lowest BCUT2D eigenvalue weighted by Crippen LogP contribution is -2.31. The molecule has 1 atom stereocenters. The molecule has 0 bridgehead atoms. The van der Waals surface area contributed by atoms with E-state index in [1.165, 1.54) is 29.7 Å². The van der Waals surface area contributed by atoms with Crippen molar-refractivity contribution in [1.82, 2.24) is 5.32 Å². The number of hydrogen-bond donors (Lipinski definition) is 1. The third kappa shape index (κ3) is 2.64. The fraction of sp³-hybridized carbons (Fsp3) is 0.571. The van der Waals surface area contributed by atoms with Crippen LogP contribution >= 0.6 is 23.4 Å². The van der Waals surface area contributed by atoms with Crippen molar-refractivity contribution in [3.8, 4) is 0 Å². The van der Waals surface area contributed by atoms with Crippen LogP contribution in [0.1, 0.15) is 18.4 Å². The molecule has 1 N–H and O–H groups in total. The van der Waals surface area contributed by atoms with E-state index in [4.69, 9.17) is 11.6 Å². The van der Waals surface area contributed by atoms with Crippen molar-refractivity contribution < 1.29 is 0 Å². The largest absolute Gasteiger partial charge is 0.315 e. The van der Waals surface area contributed by atoms with Crippen LogP contribution in [0.2, 0.25) is 0 Å². The second-order valence-electron chi connectivity index (χ2n) is 5.32. The summed E-state index contributed by atoms with van der Waals surface area (Å²) in [5.74, 6) is 0.817. The average molecular weight is 268 g/mol. The first-order valence-corrected chi connectivity index (χ1v) is 7.74. The van der Waals surface area contributed by atoms with Gasteiger partial charge in [-0.2, -0.15) is 0 Å². The first-order valence-electron chi connectivity index (χ1n) is 6.33. The van der Waals surface area contributed by atoms with E-state index in [-0.39, 0.29) is 0 Å². The van der Waals surface area contributed by atoms with E-state index in [2.05, 4.69) is 29.6 Å². The Hall–Kier alpha value is -0.180. The van der Waals surface area contributed by atoms with E-state index in [1.54, 1.807) is 0 Å². The average Bonchev–Trinajstić information content (AvgIpc) is 3.01. The van der Waals surface area contributed by atoms with Crippen molar-refractivity contribution in [3.05, 3.63) is 29.8 Å². The standard InChI is InChI=1S/C14H18ClNS/c15-9-14(5-6-14)10-16-8-12-7-11-3-1-2-4-13(11)17-12/h1-4,12,16H,5-10H2. The summed E-state index contributed by atoms with van der Waals surface area (Å²) in [6.07, 6.45) is 3.82. The van der Waals surface area contributed by atoms with Crippen molar-refractivity contribution in [3.63, 3.8) is 0 Å². The third-order valence-corrected chi connectivity index (χ3v) is 5.71. The van der Waals surface area contributed by atoms with Gasteiger partial charge in [-0.05, 0) is 36.3 Å². The van der Waals surface area contributed by atoms with Crippen molar-refractivity contribution in [2.24, 2.45) is 5.41 Å². The Morgan fingerprint density at radius 2 is 2.18 bits per heavy atom. The number of alkyl halides is 1. The van der Waals surface area contributed by atoms with E-state index in [0.29, 0.717) is 10.7 Å². The number of fused-ring (bicyclic) bond motifs is 1. The SMILES string of the molecule is ClCC1(CNCC2Cc3ccccc3S2)CC1. The molecule has 1 nitrogen and oxygen atoms in total. The van der Waals surface area contributed by atoms with Crippen LogP contribution in [0.3, 0.4) is 0 Å². The molecule has 1 fully saturated rings. The molecule has 1 unspecified atom stereocenters. The van der Waals surface area contributed by atoms with Crippen LogP contribution in [0.15, 0.2) is 29.2 Å². The zero-order chi connectivity index (χ0) is 11.7. The fourth-order valence-corrected chi connectivity index (χ4v) is 4.05. The minimum atomic E-state index is 0.442. The van der Waals surface area contributed by atoms with Gasteiger partial charge in [0.15, 0.2) is 0 Å². The summed E-state index contributed by atoms with van der Waals surface area (Å²) in [6.45, 7) is 2.21. The monoisotopic (exact) mass is 267 g/mol. The molecular formula is C14H18ClNS. The minimum absolute atomic E-state index is 0.442. The maximum absolute atomic E-state index is 5.98. The second-order valence-corrected chi connectivity index (χ2v) is 6.93. The Balaban J connectivity index is 1.46. The Morgan fingerprint density at radius 3 is 2.88 bits per heavy atom. The molecule has 2 aliphatic rings. The van der Waals surface area contributed by atoms with E-state index in [9.17, 15) is 0 Å². The Bertz CT molecular complexity index is 378. The second kappa shape index (κ2) is 4.83. The molecule has 1 aromatic rings. The molecule has 0 saturated heterocycles. The van der Waals surface area contributed by atoms with Crippen molar-refractivity contribution in [2.45, 2.75) is 29.4 Å². The Morgan fingerprint density at radius 1 is 1.35 bits per heavy atom. The van der Waals surface area contributed by atoms with Crippen LogP contribution in [0.4, 0.5) is 0 Å².